The second-order valence-corrected chi connectivity index (χ2v) is 15.1. The van der Waals surface area contributed by atoms with Crippen LogP contribution in [0.3, 0.4) is 0 Å². The molecule has 0 spiro atoms. The Labute approximate surface area is 203 Å². The summed E-state index contributed by atoms with van der Waals surface area (Å²) in [6, 6.07) is 16.9. The first-order valence-corrected chi connectivity index (χ1v) is 14.4. The molecule has 0 unspecified atom stereocenters. The minimum absolute atomic E-state index is 0.0363. The van der Waals surface area contributed by atoms with Crippen LogP contribution in [0.1, 0.15) is 49.3 Å². The van der Waals surface area contributed by atoms with Gasteiger partial charge in [-0.15, -0.1) is 5.54 Å². The maximum absolute atomic E-state index is 13.8. The van der Waals surface area contributed by atoms with E-state index in [9.17, 15) is 9.59 Å². The van der Waals surface area contributed by atoms with Gasteiger partial charge >= 0.3 is 0 Å². The van der Waals surface area contributed by atoms with E-state index >= 15 is 0 Å². The minimum Gasteiger partial charge on any atom is -0.497 e. The van der Waals surface area contributed by atoms with Crippen LogP contribution >= 0.6 is 0 Å². The highest BCUT2D eigenvalue weighted by atomic mass is 28.3. The largest absolute Gasteiger partial charge is 0.497 e. The van der Waals surface area contributed by atoms with Crippen LogP contribution in [0.4, 0.5) is 0 Å². The number of pyridine rings is 1. The molecule has 0 radical (unpaired) electrons. The van der Waals surface area contributed by atoms with Crippen LogP contribution in [0, 0.1) is 18.4 Å². The molecule has 0 aliphatic carbocycles. The highest BCUT2D eigenvalue weighted by Crippen LogP contribution is 2.36. The third-order valence-corrected chi connectivity index (χ3v) is 11.2. The van der Waals surface area contributed by atoms with E-state index in [0.29, 0.717) is 33.8 Å². The molecule has 0 bridgehead atoms. The summed E-state index contributed by atoms with van der Waals surface area (Å²) in [6.07, 6.45) is 0. The number of ether oxygens (including phenoxy) is 1. The predicted molar refractivity (Wildman–Crippen MR) is 143 cm³/mol. The maximum Gasteiger partial charge on any atom is 0.259 e. The molecule has 0 aliphatic heterocycles. The molecule has 1 heterocycles. The predicted octanol–water partition coefficient (Wildman–Crippen LogP) is 6.42. The normalized spacial score (nSPS) is 11.5. The quantitative estimate of drug-likeness (QED) is 0.250. The van der Waals surface area contributed by atoms with Gasteiger partial charge in [0.25, 0.3) is 5.56 Å². The minimum atomic E-state index is -2.02. The zero-order valence-corrected chi connectivity index (χ0v) is 22.4. The Morgan fingerprint density at radius 2 is 1.59 bits per heavy atom. The van der Waals surface area contributed by atoms with E-state index in [1.54, 1.807) is 37.7 Å². The number of ketones is 1. The summed E-state index contributed by atoms with van der Waals surface area (Å²) in [7, 11) is -0.418. The van der Waals surface area contributed by atoms with E-state index in [2.05, 4.69) is 45.3 Å². The second-order valence-electron chi connectivity index (χ2n) is 10.1. The van der Waals surface area contributed by atoms with Gasteiger partial charge in [-0.1, -0.05) is 70.1 Å². The van der Waals surface area contributed by atoms with Gasteiger partial charge in [0, 0.05) is 11.1 Å². The first kappa shape index (κ1) is 25.3. The number of carbonyl (C=O) groups excluding carboxylic acids is 1. The lowest BCUT2D eigenvalue weighted by molar-refractivity contribution is 0.101. The summed E-state index contributed by atoms with van der Waals surface area (Å²) in [4.78, 5) is 26.9. The Balaban J connectivity index is 2.49. The van der Waals surface area contributed by atoms with Crippen molar-refractivity contribution >= 4 is 13.9 Å². The molecule has 5 heteroatoms. The number of benzene rings is 2. The fourth-order valence-corrected chi connectivity index (χ4v) is 4.41. The lowest BCUT2D eigenvalue weighted by Gasteiger charge is -2.31. The summed E-state index contributed by atoms with van der Waals surface area (Å²) in [5.41, 5.74) is 6.91. The molecule has 176 valence electrons. The maximum atomic E-state index is 13.8. The number of methoxy groups -OCH3 is 1. The van der Waals surface area contributed by atoms with Crippen LogP contribution in [0.15, 0.2) is 59.4 Å². The number of hydrogen-bond acceptors (Lipinski definition) is 3. The first-order valence-electron chi connectivity index (χ1n) is 11.4. The number of aromatic nitrogens is 1. The van der Waals surface area contributed by atoms with Crippen molar-refractivity contribution in [3.05, 3.63) is 81.8 Å². The van der Waals surface area contributed by atoms with E-state index in [4.69, 9.17) is 4.74 Å². The summed E-state index contributed by atoms with van der Waals surface area (Å²) in [6.45, 7) is 14.3. The third-order valence-electron chi connectivity index (χ3n) is 6.72. The van der Waals surface area contributed by atoms with Gasteiger partial charge < -0.3 is 4.74 Å². The zero-order valence-electron chi connectivity index (χ0n) is 21.4. The monoisotopic (exact) mass is 471 g/mol. The van der Waals surface area contributed by atoms with Gasteiger partial charge in [0.15, 0.2) is 5.78 Å². The van der Waals surface area contributed by atoms with Crippen molar-refractivity contribution in [1.29, 1.82) is 0 Å². The molecule has 0 saturated carbocycles. The second kappa shape index (κ2) is 9.48. The molecule has 4 nitrogen and oxygen atoms in total. The molecule has 3 aromatic rings. The average molecular weight is 472 g/mol. The first-order chi connectivity index (χ1) is 15.9. The van der Waals surface area contributed by atoms with Crippen LogP contribution in [-0.2, 0) is 0 Å². The lowest BCUT2D eigenvalue weighted by atomic mass is 9.92. The molecule has 0 atom stereocenters. The molecule has 0 amide bonds. The number of rotatable bonds is 4. The molecule has 2 aromatic carbocycles. The molecule has 3 rings (SSSR count). The molecule has 0 fully saturated rings. The SMILES string of the molecule is COc1ccc(-n2c(C#C[Si](C)(C)C(C)(C)C)c(C(C)=O)c(-c3ccccc3)c(C)c2=O)cc1. The molecule has 0 N–H and O–H groups in total. The van der Waals surface area contributed by atoms with E-state index < -0.39 is 8.07 Å². The van der Waals surface area contributed by atoms with Gasteiger partial charge in [-0.3, -0.25) is 14.2 Å². The number of hydrogen-bond donors (Lipinski definition) is 0. The fraction of sp³-hybridized carbons (Fsp3) is 0.310. The highest BCUT2D eigenvalue weighted by Gasteiger charge is 2.34. The Bertz CT molecular complexity index is 1330. The number of Topliss-reactive ketones (excluding diaryl/α,β-unsaturated/α-hetero) is 1. The van der Waals surface area contributed by atoms with E-state index in [1.165, 1.54) is 0 Å². The van der Waals surface area contributed by atoms with Crippen molar-refractivity contribution in [2.45, 2.75) is 52.8 Å². The van der Waals surface area contributed by atoms with Crippen LogP contribution in [0.2, 0.25) is 18.1 Å². The molecule has 1 aromatic heterocycles. The average Bonchev–Trinajstić information content (AvgIpc) is 2.79. The van der Waals surface area contributed by atoms with Crippen molar-refractivity contribution in [2.75, 3.05) is 7.11 Å². The van der Waals surface area contributed by atoms with Gasteiger partial charge in [0.1, 0.15) is 19.5 Å². The van der Waals surface area contributed by atoms with Crippen LogP contribution in [-0.4, -0.2) is 25.5 Å². The van der Waals surface area contributed by atoms with Gasteiger partial charge in [-0.05, 0) is 48.7 Å². The molecule has 0 aliphatic rings. The van der Waals surface area contributed by atoms with Crippen molar-refractivity contribution in [1.82, 2.24) is 4.57 Å². The summed E-state index contributed by atoms with van der Waals surface area (Å²) >= 11 is 0. The van der Waals surface area contributed by atoms with Crippen molar-refractivity contribution < 1.29 is 9.53 Å². The zero-order chi connectivity index (χ0) is 25.3. The van der Waals surface area contributed by atoms with E-state index in [-0.39, 0.29) is 16.4 Å². The Hall–Kier alpha value is -3.36. The van der Waals surface area contributed by atoms with Crippen LogP contribution in [0.5, 0.6) is 5.75 Å². The standard InChI is InChI=1S/C29H33NO3Si/c1-20-26(22-12-10-9-11-13-22)27(21(2)31)25(18-19-34(7,8)29(3,4)5)30(28(20)32)23-14-16-24(33-6)17-15-23/h9-17H,1-8H3. The molecule has 34 heavy (non-hydrogen) atoms. The summed E-state index contributed by atoms with van der Waals surface area (Å²) in [5, 5.41) is 0.0363. The van der Waals surface area contributed by atoms with Crippen LogP contribution < -0.4 is 10.3 Å². The number of carbonyl (C=O) groups is 1. The Kier molecular flexibility index (Phi) is 7.04. The van der Waals surface area contributed by atoms with Gasteiger partial charge in [-0.25, -0.2) is 0 Å². The highest BCUT2D eigenvalue weighted by molar-refractivity contribution is 6.87. The van der Waals surface area contributed by atoms with E-state index in [1.807, 2.05) is 42.5 Å². The van der Waals surface area contributed by atoms with Crippen LogP contribution in [0.25, 0.3) is 16.8 Å². The Morgan fingerprint density at radius 3 is 2.09 bits per heavy atom. The molecular weight excluding hydrogens is 438 g/mol. The molecular formula is C29H33NO3Si. The summed E-state index contributed by atoms with van der Waals surface area (Å²) in [5.74, 6) is 3.91. The number of nitrogens with zero attached hydrogens (tertiary/aromatic N) is 1. The Morgan fingerprint density at radius 1 is 1.00 bits per heavy atom. The van der Waals surface area contributed by atoms with E-state index in [0.717, 1.165) is 5.56 Å². The van der Waals surface area contributed by atoms with Gasteiger partial charge in [0.05, 0.1) is 18.4 Å². The topological polar surface area (TPSA) is 48.3 Å². The molecule has 0 saturated heterocycles. The third kappa shape index (κ3) is 4.78. The fourth-order valence-electron chi connectivity index (χ4n) is 3.60. The van der Waals surface area contributed by atoms with Gasteiger partial charge in [-0.2, -0.15) is 0 Å². The summed E-state index contributed by atoms with van der Waals surface area (Å²) < 4.78 is 6.88. The van der Waals surface area contributed by atoms with Gasteiger partial charge in [0.2, 0.25) is 0 Å². The lowest BCUT2D eigenvalue weighted by Crippen LogP contribution is -2.36. The van der Waals surface area contributed by atoms with Crippen molar-refractivity contribution in [2.24, 2.45) is 0 Å². The van der Waals surface area contributed by atoms with Crippen molar-refractivity contribution in [3.8, 4) is 34.0 Å². The van der Waals surface area contributed by atoms with Crippen molar-refractivity contribution in [3.63, 3.8) is 0 Å². The smallest absolute Gasteiger partial charge is 0.259 e.